The highest BCUT2D eigenvalue weighted by molar-refractivity contribution is 6.33. The zero-order chi connectivity index (χ0) is 16.4. The summed E-state index contributed by atoms with van der Waals surface area (Å²) in [6.07, 6.45) is 1.72. The maximum Gasteiger partial charge on any atom is 0.271 e. The van der Waals surface area contributed by atoms with E-state index in [2.05, 4.69) is 14.8 Å². The summed E-state index contributed by atoms with van der Waals surface area (Å²) in [5.74, 6) is 0.781. The molecule has 120 valence electrons. The molecule has 1 aliphatic rings. The van der Waals surface area contributed by atoms with Gasteiger partial charge in [0.1, 0.15) is 5.82 Å². The lowest BCUT2D eigenvalue weighted by Crippen LogP contribution is -2.47. The molecule has 1 aromatic heterocycles. The van der Waals surface area contributed by atoms with Gasteiger partial charge >= 0.3 is 0 Å². The van der Waals surface area contributed by atoms with Gasteiger partial charge in [-0.3, -0.25) is 10.1 Å². The molecule has 0 aliphatic carbocycles. The number of aromatic nitrogens is 1. The van der Waals surface area contributed by atoms with Crippen LogP contribution in [0, 0.1) is 10.1 Å². The quantitative estimate of drug-likeness (QED) is 0.623. The van der Waals surface area contributed by atoms with Crippen molar-refractivity contribution in [3.63, 3.8) is 0 Å². The Bertz CT molecular complexity index is 733. The number of nitrogens with zero attached hydrogens (tertiary/aromatic N) is 4. The molecule has 3 rings (SSSR count). The molecule has 0 atom stereocenters. The first-order valence-electron chi connectivity index (χ1n) is 7.10. The smallest absolute Gasteiger partial charge is 0.271 e. The molecule has 1 saturated heterocycles. The topological polar surface area (TPSA) is 62.5 Å². The van der Waals surface area contributed by atoms with E-state index in [4.69, 9.17) is 23.2 Å². The van der Waals surface area contributed by atoms with E-state index in [9.17, 15) is 10.1 Å². The summed E-state index contributed by atoms with van der Waals surface area (Å²) in [5.41, 5.74) is 0.807. The lowest BCUT2D eigenvalue weighted by molar-refractivity contribution is -0.384. The van der Waals surface area contributed by atoms with Gasteiger partial charge in [-0.15, -0.1) is 0 Å². The average Bonchev–Trinajstić information content (AvgIpc) is 2.55. The monoisotopic (exact) mass is 352 g/mol. The molecule has 1 aliphatic heterocycles. The molecule has 0 N–H and O–H groups in total. The van der Waals surface area contributed by atoms with Crippen molar-refractivity contribution in [1.82, 2.24) is 4.98 Å². The number of nitro groups is 1. The molecule has 2 heterocycles. The van der Waals surface area contributed by atoms with Crippen LogP contribution in [0.25, 0.3) is 0 Å². The summed E-state index contributed by atoms with van der Waals surface area (Å²) in [5, 5.41) is 11.8. The van der Waals surface area contributed by atoms with Crippen molar-refractivity contribution in [3.8, 4) is 0 Å². The first-order valence-corrected chi connectivity index (χ1v) is 7.86. The Morgan fingerprint density at radius 3 is 2.35 bits per heavy atom. The van der Waals surface area contributed by atoms with Crippen LogP contribution in [-0.2, 0) is 0 Å². The molecule has 0 saturated carbocycles. The van der Waals surface area contributed by atoms with E-state index in [-0.39, 0.29) is 5.69 Å². The number of nitro benzene ring substituents is 1. The molecular weight excluding hydrogens is 339 g/mol. The second-order valence-electron chi connectivity index (χ2n) is 5.18. The normalized spacial score (nSPS) is 14.9. The second kappa shape index (κ2) is 6.60. The predicted molar refractivity (Wildman–Crippen MR) is 91.8 cm³/mol. The van der Waals surface area contributed by atoms with Gasteiger partial charge < -0.3 is 9.80 Å². The number of non-ortho nitro benzene ring substituents is 1. The molecule has 23 heavy (non-hydrogen) atoms. The third-order valence-corrected chi connectivity index (χ3v) is 4.40. The van der Waals surface area contributed by atoms with Crippen LogP contribution >= 0.6 is 23.2 Å². The van der Waals surface area contributed by atoms with Crippen LogP contribution in [0.4, 0.5) is 17.2 Å². The molecule has 0 spiro atoms. The molecule has 2 aromatic rings. The fourth-order valence-corrected chi connectivity index (χ4v) is 3.17. The highest BCUT2D eigenvalue weighted by Gasteiger charge is 2.22. The van der Waals surface area contributed by atoms with Crippen molar-refractivity contribution < 1.29 is 4.92 Å². The second-order valence-corrected chi connectivity index (χ2v) is 5.99. The average molecular weight is 353 g/mol. The third kappa shape index (κ3) is 3.33. The van der Waals surface area contributed by atoms with Crippen LogP contribution in [0.2, 0.25) is 10.0 Å². The van der Waals surface area contributed by atoms with Crippen molar-refractivity contribution in [2.75, 3.05) is 36.0 Å². The summed E-state index contributed by atoms with van der Waals surface area (Å²) in [6.45, 7) is 2.99. The fourth-order valence-electron chi connectivity index (χ4n) is 2.64. The Hall–Kier alpha value is -2.05. The van der Waals surface area contributed by atoms with Crippen LogP contribution in [0.3, 0.4) is 0 Å². The van der Waals surface area contributed by atoms with Gasteiger partial charge in [0.25, 0.3) is 5.69 Å². The number of piperazine rings is 1. The van der Waals surface area contributed by atoms with Crippen molar-refractivity contribution in [2.45, 2.75) is 0 Å². The van der Waals surface area contributed by atoms with E-state index in [0.29, 0.717) is 10.0 Å². The van der Waals surface area contributed by atoms with Crippen LogP contribution in [0.5, 0.6) is 0 Å². The van der Waals surface area contributed by atoms with Gasteiger partial charge in [-0.2, -0.15) is 0 Å². The van der Waals surface area contributed by atoms with Gasteiger partial charge in [-0.25, -0.2) is 4.98 Å². The van der Waals surface area contributed by atoms with E-state index in [0.717, 1.165) is 37.7 Å². The van der Waals surface area contributed by atoms with Crippen molar-refractivity contribution in [3.05, 3.63) is 56.7 Å². The SMILES string of the molecule is O=[N+]([O-])c1ccc(N2CCN(c3ncccc3Cl)CC2)c(Cl)c1. The number of halogens is 2. The van der Waals surface area contributed by atoms with Gasteiger partial charge in [0.15, 0.2) is 0 Å². The molecule has 6 nitrogen and oxygen atoms in total. The van der Waals surface area contributed by atoms with Crippen molar-refractivity contribution in [1.29, 1.82) is 0 Å². The first kappa shape index (κ1) is 15.8. The Kier molecular flexibility index (Phi) is 4.54. The van der Waals surface area contributed by atoms with Crippen LogP contribution in [-0.4, -0.2) is 36.1 Å². The zero-order valence-corrected chi connectivity index (χ0v) is 13.7. The zero-order valence-electron chi connectivity index (χ0n) is 12.2. The van der Waals surface area contributed by atoms with Crippen LogP contribution in [0.1, 0.15) is 0 Å². The lowest BCUT2D eigenvalue weighted by Gasteiger charge is -2.37. The standard InChI is InChI=1S/C15H14Cl2N4O2/c16-12-2-1-5-18-15(12)20-8-6-19(7-9-20)14-4-3-11(21(22)23)10-13(14)17/h1-5,10H,6-9H2. The number of pyridine rings is 1. The maximum atomic E-state index is 10.8. The van der Waals surface area contributed by atoms with Gasteiger partial charge in [-0.05, 0) is 18.2 Å². The highest BCUT2D eigenvalue weighted by atomic mass is 35.5. The largest absolute Gasteiger partial charge is 0.367 e. The fraction of sp³-hybridized carbons (Fsp3) is 0.267. The van der Waals surface area contributed by atoms with E-state index >= 15 is 0 Å². The number of rotatable bonds is 3. The summed E-state index contributed by atoms with van der Waals surface area (Å²) in [7, 11) is 0. The number of anilines is 2. The van der Waals surface area contributed by atoms with Gasteiger partial charge in [-0.1, -0.05) is 23.2 Å². The predicted octanol–water partition coefficient (Wildman–Crippen LogP) is 3.62. The Morgan fingerprint density at radius 1 is 1.04 bits per heavy atom. The molecule has 0 bridgehead atoms. The van der Waals surface area contributed by atoms with Crippen LogP contribution < -0.4 is 9.80 Å². The Labute approximate surface area is 143 Å². The van der Waals surface area contributed by atoms with E-state index < -0.39 is 4.92 Å². The minimum absolute atomic E-state index is 0.00217. The minimum atomic E-state index is -0.448. The van der Waals surface area contributed by atoms with Crippen LogP contribution in [0.15, 0.2) is 36.5 Å². The maximum absolute atomic E-state index is 10.8. The van der Waals surface area contributed by atoms with Gasteiger partial charge in [0.05, 0.1) is 20.7 Å². The van der Waals surface area contributed by atoms with E-state index in [1.807, 2.05) is 6.07 Å². The van der Waals surface area contributed by atoms with Gasteiger partial charge in [0.2, 0.25) is 0 Å². The molecule has 0 amide bonds. The van der Waals surface area contributed by atoms with E-state index in [1.165, 1.54) is 12.1 Å². The first-order chi connectivity index (χ1) is 11.1. The number of benzene rings is 1. The number of hydrogen-bond donors (Lipinski definition) is 0. The highest BCUT2D eigenvalue weighted by Crippen LogP contribution is 2.31. The molecule has 0 unspecified atom stereocenters. The molecule has 0 radical (unpaired) electrons. The molecule has 1 fully saturated rings. The van der Waals surface area contributed by atoms with Crippen molar-refractivity contribution in [2.24, 2.45) is 0 Å². The van der Waals surface area contributed by atoms with Crippen molar-refractivity contribution >= 4 is 40.4 Å². The minimum Gasteiger partial charge on any atom is -0.367 e. The summed E-state index contributed by atoms with van der Waals surface area (Å²) in [4.78, 5) is 18.9. The molecule has 8 heteroatoms. The summed E-state index contributed by atoms with van der Waals surface area (Å²) >= 11 is 12.4. The molecular formula is C15H14Cl2N4O2. The molecule has 1 aromatic carbocycles. The third-order valence-electron chi connectivity index (χ3n) is 3.80. The number of hydrogen-bond acceptors (Lipinski definition) is 5. The van der Waals surface area contributed by atoms with E-state index in [1.54, 1.807) is 18.3 Å². The Morgan fingerprint density at radius 2 is 1.74 bits per heavy atom. The Balaban J connectivity index is 1.72. The lowest BCUT2D eigenvalue weighted by atomic mass is 10.2. The van der Waals surface area contributed by atoms with Gasteiger partial charge in [0, 0.05) is 44.5 Å². The summed E-state index contributed by atoms with van der Waals surface area (Å²) in [6, 6.07) is 8.19. The summed E-state index contributed by atoms with van der Waals surface area (Å²) < 4.78 is 0.